The number of benzene rings is 2. The Bertz CT molecular complexity index is 2160. The van der Waals surface area contributed by atoms with Crippen LogP contribution in [-0.2, 0) is 30.2 Å². The Morgan fingerprint density at radius 3 is 2.25 bits per heavy atom. The van der Waals surface area contributed by atoms with E-state index in [4.69, 9.17) is 24.0 Å². The number of piperazine rings is 1. The smallest absolute Gasteiger partial charge is 0.305 e. The highest BCUT2D eigenvalue weighted by molar-refractivity contribution is 6.16. The highest BCUT2D eigenvalue weighted by Crippen LogP contribution is 2.55. The molecule has 1 amide bonds. The van der Waals surface area contributed by atoms with Crippen molar-refractivity contribution in [2.45, 2.75) is 123 Å². The normalized spacial score (nSPS) is 33.5. The van der Waals surface area contributed by atoms with E-state index in [2.05, 4.69) is 10.2 Å². The van der Waals surface area contributed by atoms with Crippen LogP contribution >= 0.6 is 0 Å². The molecule has 16 nitrogen and oxygen atoms in total. The number of aliphatic hydroxyl groups is 3. The Kier molecular flexibility index (Phi) is 14.4. The van der Waals surface area contributed by atoms with Crippen molar-refractivity contribution < 1.29 is 59.2 Å². The van der Waals surface area contributed by atoms with Gasteiger partial charge in [0.05, 0.1) is 59.8 Å². The van der Waals surface area contributed by atoms with E-state index in [1.54, 1.807) is 53.7 Å². The van der Waals surface area contributed by atoms with Gasteiger partial charge in [0.25, 0.3) is 11.7 Å². The number of nitrogens with zero attached hydrogens (tertiary/aromatic N) is 3. The second-order valence-corrected chi connectivity index (χ2v) is 18.1. The van der Waals surface area contributed by atoms with E-state index in [9.17, 15) is 40.2 Å². The summed E-state index contributed by atoms with van der Waals surface area (Å²) in [6.07, 6.45) is 10.4. The van der Waals surface area contributed by atoms with E-state index in [0.717, 1.165) is 20.0 Å². The van der Waals surface area contributed by atoms with Crippen LogP contribution in [0.4, 0.5) is 5.69 Å². The first-order chi connectivity index (χ1) is 29.7. The van der Waals surface area contributed by atoms with Gasteiger partial charge >= 0.3 is 5.97 Å². The zero-order valence-electron chi connectivity index (χ0n) is 37.9. The molecular weight excluding hydrogens is 813 g/mol. The third-order valence-corrected chi connectivity index (χ3v) is 13.7. The molecule has 4 aliphatic heterocycles. The first-order valence-corrected chi connectivity index (χ1v) is 22.0. The quantitative estimate of drug-likeness (QED) is 0.0664. The van der Waals surface area contributed by atoms with Crippen LogP contribution in [0.3, 0.4) is 0 Å². The monoisotopic (exact) mass is 878 g/mol. The Hall–Kier alpha value is -4.87. The Morgan fingerprint density at radius 2 is 1.62 bits per heavy atom. The van der Waals surface area contributed by atoms with Crippen LogP contribution in [0.25, 0.3) is 10.8 Å². The number of phenolic OH excluding ortho intramolecular Hbond substituents is 3. The van der Waals surface area contributed by atoms with Crippen LogP contribution in [-0.4, -0.2) is 128 Å². The topological polar surface area (TPSA) is 223 Å². The van der Waals surface area contributed by atoms with Crippen molar-refractivity contribution in [1.29, 1.82) is 0 Å². The van der Waals surface area contributed by atoms with E-state index in [1.165, 1.54) is 64.3 Å². The Balaban J connectivity index is 1.46. The van der Waals surface area contributed by atoms with Gasteiger partial charge in [0.2, 0.25) is 5.79 Å². The summed E-state index contributed by atoms with van der Waals surface area (Å²) in [6.45, 7) is 15.4. The maximum atomic E-state index is 13.9. The van der Waals surface area contributed by atoms with E-state index in [1.807, 2.05) is 5.01 Å². The molecule has 2 fully saturated rings. The fraction of sp³-hybridized carbons (Fsp3) is 0.596. The van der Waals surface area contributed by atoms with Crippen LogP contribution in [0, 0.1) is 30.6 Å². The number of methoxy groups -OCH3 is 1. The molecule has 0 radical (unpaired) electrons. The zero-order chi connectivity index (χ0) is 46.1. The number of phenols is 3. The summed E-state index contributed by atoms with van der Waals surface area (Å²) in [7, 11) is 1.40. The number of hydrogen-bond donors (Lipinski definition) is 7. The predicted octanol–water partition coefficient (Wildman–Crippen LogP) is 5.33. The van der Waals surface area contributed by atoms with Gasteiger partial charge in [0.1, 0.15) is 17.2 Å². The van der Waals surface area contributed by atoms with Gasteiger partial charge in [-0.15, -0.1) is 0 Å². The van der Waals surface area contributed by atoms with Crippen molar-refractivity contribution in [3.63, 3.8) is 0 Å². The SMILES string of the molecule is CO[C@H]1/C=C/O[C@]2(C)Cc3c(c(C)c(O)c4c(O)c(c(/C=N/N5CCN(C6CCCC6)CC5)c(O)c34)NC(=O)/C(C)=C\C=C\[C@H](C)[C@H](O)[C@@H](C)[C@@H](O)[C@@H](C)[C@](O)(OC(C)=O)[C@@H]1C)O2. The molecular formula is C47H66N4O12. The summed E-state index contributed by atoms with van der Waals surface area (Å²) in [6, 6.07) is 0.577. The molecule has 7 N–H and O–H groups in total. The molecule has 1 aliphatic carbocycles. The van der Waals surface area contributed by atoms with Crippen LogP contribution < -0.4 is 10.1 Å². The lowest BCUT2D eigenvalue weighted by Crippen LogP contribution is -2.56. The van der Waals surface area contributed by atoms with Gasteiger partial charge in [-0.2, -0.15) is 5.10 Å². The minimum absolute atomic E-state index is 0.0138. The molecule has 5 bridgehead atoms. The van der Waals surface area contributed by atoms with Crippen LogP contribution in [0.5, 0.6) is 23.0 Å². The van der Waals surface area contributed by atoms with E-state index in [0.29, 0.717) is 24.7 Å². The van der Waals surface area contributed by atoms with E-state index >= 15 is 0 Å². The maximum Gasteiger partial charge on any atom is 0.305 e. The van der Waals surface area contributed by atoms with Crippen molar-refractivity contribution in [2.24, 2.45) is 28.8 Å². The summed E-state index contributed by atoms with van der Waals surface area (Å²) >= 11 is 0. The number of amides is 1. The van der Waals surface area contributed by atoms with Crippen LogP contribution in [0.15, 0.2) is 41.2 Å². The second kappa shape index (κ2) is 19.1. The summed E-state index contributed by atoms with van der Waals surface area (Å²) in [4.78, 5) is 28.8. The minimum Gasteiger partial charge on any atom is -0.507 e. The fourth-order valence-electron chi connectivity index (χ4n) is 9.63. The predicted molar refractivity (Wildman–Crippen MR) is 237 cm³/mol. The first-order valence-electron chi connectivity index (χ1n) is 22.0. The second-order valence-electron chi connectivity index (χ2n) is 18.1. The average Bonchev–Trinajstić information content (AvgIpc) is 3.92. The van der Waals surface area contributed by atoms with Gasteiger partial charge in [0.15, 0.2) is 5.75 Å². The van der Waals surface area contributed by atoms with Gasteiger partial charge in [-0.1, -0.05) is 58.8 Å². The molecule has 4 heterocycles. The summed E-state index contributed by atoms with van der Waals surface area (Å²) in [5.41, 5.74) is 0.730. The number of esters is 1. The standard InChI is InChI=1S/C47H66N4O12/c1-25-13-12-14-26(2)45(58)49-38-34(24-48-51-20-18-50(19-21-51)32-15-10-11-16-32)42(56)36-33-23-46(8,63-44(33)28(4)41(55)37(36)43(38)57)61-22-17-35(60-9)29(5)47(59,62-31(7)52)30(6)40(54)27(3)39(25)53/h12-14,17,22,24-25,27,29-30,32,35,39-40,53-57,59H,10-11,15-16,18-21,23H2,1-9H3,(H,49,58)/b13-12+,22-17+,26-14-,48-24+/t25-,27+,29+,30+,35-,39-,40+,46-,47+/m0/s1. The van der Waals surface area contributed by atoms with E-state index < -0.39 is 71.2 Å². The highest BCUT2D eigenvalue weighted by atomic mass is 16.7. The Morgan fingerprint density at radius 1 is 0.952 bits per heavy atom. The first kappa shape index (κ1) is 47.6. The number of hydrazone groups is 1. The lowest BCUT2D eigenvalue weighted by atomic mass is 9.76. The van der Waals surface area contributed by atoms with E-state index in [-0.39, 0.29) is 56.8 Å². The average molecular weight is 879 g/mol. The number of ether oxygens (including phenoxy) is 4. The number of fused-ring (bicyclic) bond motifs is 14. The number of allylic oxidation sites excluding steroid dienone is 2. The number of hydrogen-bond acceptors (Lipinski definition) is 15. The number of carbonyl (C=O) groups is 2. The van der Waals surface area contributed by atoms with Crippen LogP contribution in [0.2, 0.25) is 0 Å². The molecule has 1 saturated heterocycles. The Labute approximate surface area is 369 Å². The number of rotatable bonds is 5. The molecule has 5 aliphatic rings. The molecule has 9 atom stereocenters. The lowest BCUT2D eigenvalue weighted by Gasteiger charge is -2.43. The maximum absolute atomic E-state index is 13.9. The van der Waals surface area contributed by atoms with Gasteiger partial charge in [-0.3, -0.25) is 19.5 Å². The zero-order valence-corrected chi connectivity index (χ0v) is 37.9. The number of nitrogens with one attached hydrogen (secondary N) is 1. The number of aliphatic hydroxyl groups excluding tert-OH is 2. The molecule has 2 aromatic carbocycles. The van der Waals surface area contributed by atoms with Crippen LogP contribution in [0.1, 0.15) is 90.8 Å². The highest BCUT2D eigenvalue weighted by Gasteiger charge is 2.51. The summed E-state index contributed by atoms with van der Waals surface area (Å²) in [5.74, 6) is -9.68. The van der Waals surface area contributed by atoms with Crippen molar-refractivity contribution in [3.05, 3.63) is 52.8 Å². The third-order valence-electron chi connectivity index (χ3n) is 13.7. The van der Waals surface area contributed by atoms with Crippen molar-refractivity contribution in [2.75, 3.05) is 38.6 Å². The largest absolute Gasteiger partial charge is 0.507 e. The molecule has 0 aromatic heterocycles. The summed E-state index contributed by atoms with van der Waals surface area (Å²) < 4.78 is 23.9. The molecule has 1 saturated carbocycles. The summed E-state index contributed by atoms with van der Waals surface area (Å²) in [5, 5.41) is 80.4. The molecule has 63 heavy (non-hydrogen) atoms. The van der Waals surface area contributed by atoms with Gasteiger partial charge in [-0.25, -0.2) is 0 Å². The van der Waals surface area contributed by atoms with Gasteiger partial charge < -0.3 is 54.9 Å². The fourth-order valence-corrected chi connectivity index (χ4v) is 9.63. The van der Waals surface area contributed by atoms with Crippen molar-refractivity contribution >= 4 is 34.6 Å². The van der Waals surface area contributed by atoms with Gasteiger partial charge in [0, 0.05) is 93.0 Å². The number of anilines is 1. The molecule has 16 heteroatoms. The third kappa shape index (κ3) is 9.51. The molecule has 346 valence electrons. The molecule has 0 spiro atoms. The minimum atomic E-state index is -2.29. The number of aromatic hydroxyl groups is 3. The molecule has 7 rings (SSSR count). The molecule has 2 aromatic rings. The molecule has 0 unspecified atom stereocenters. The number of carbonyl (C=O) groups excluding carboxylic acids is 2. The van der Waals surface area contributed by atoms with Crippen molar-refractivity contribution in [1.82, 2.24) is 9.91 Å². The lowest BCUT2D eigenvalue weighted by molar-refractivity contribution is -0.278. The van der Waals surface area contributed by atoms with Gasteiger partial charge in [-0.05, 0) is 32.8 Å². The van der Waals surface area contributed by atoms with Crippen molar-refractivity contribution in [3.8, 4) is 23.0 Å².